The molecule has 50 heavy (non-hydrogen) atoms. The van der Waals surface area contributed by atoms with Crippen LogP contribution in [0.4, 0.5) is 10.5 Å². The Hall–Kier alpha value is -3.41. The third kappa shape index (κ3) is 6.93. The number of carbonyl (C=O) groups excluding carboxylic acids is 2. The summed E-state index contributed by atoms with van der Waals surface area (Å²) in [5.41, 5.74) is 4.54. The minimum Gasteiger partial charge on any atom is -0.490 e. The molecule has 2 aromatic rings. The van der Waals surface area contributed by atoms with Crippen LogP contribution in [0, 0.1) is 24.7 Å². The topological polar surface area (TPSA) is 119 Å². The number of amides is 3. The van der Waals surface area contributed by atoms with E-state index in [9.17, 15) is 13.8 Å². The number of rotatable bonds is 4. The van der Waals surface area contributed by atoms with Gasteiger partial charge in [-0.25, -0.2) is 9.00 Å². The number of urea groups is 1. The second-order valence-electron chi connectivity index (χ2n) is 15.7. The van der Waals surface area contributed by atoms with E-state index < -0.39 is 27.5 Å². The standard InChI is InChI=1S/C39H52N4O6S/c1-25-11-15-31-27(18-25)9-7-17-39(31)23-43-21-29-12-14-30(29)33(47-4)10-6-8-26(2)22-50(46,42-37(45)40-35-20-38(35,3)48-5)41-36(44)28-13-16-34(49-24-39)32(43)19-28/h6,10-11,13,15-16,18-19,26,29-30,33,35H,7-9,12,14,17,20-24H2,1-5H3,(H2,40,41,42,44,45,46)/b10-6+/t26-,29-,30+,33-,35-,38+,39-,50?/m0/s1. The molecule has 2 N–H and O–H groups in total. The molecule has 1 unspecified atom stereocenters. The Balaban J connectivity index is 1.27. The third-order valence-electron chi connectivity index (χ3n) is 11.9. The SMILES string of the molecule is CO[C@H]1/C=C/C[C@H](C)CS(=O)(NC(=O)N[C@H]2C[C@@]2(C)OC)=NC(=O)c2ccc3c(c2)N(C[C@@H]2CC[C@H]21)C[C@@]1(CCCc2cc(C)ccc21)CO3. The van der Waals surface area contributed by atoms with E-state index in [2.05, 4.69) is 56.6 Å². The highest BCUT2D eigenvalue weighted by Crippen LogP contribution is 2.47. The van der Waals surface area contributed by atoms with Crippen LogP contribution in [0.2, 0.25) is 0 Å². The smallest absolute Gasteiger partial charge is 0.327 e. The van der Waals surface area contributed by atoms with Gasteiger partial charge in [-0.05, 0) is 99.5 Å². The highest BCUT2D eigenvalue weighted by atomic mass is 32.2. The molecular weight excluding hydrogens is 653 g/mol. The average Bonchev–Trinajstić information content (AvgIpc) is 3.75. The molecule has 2 aliphatic heterocycles. The number of allylic oxidation sites excluding steroid dienone is 1. The molecule has 1 spiro atoms. The Morgan fingerprint density at radius 1 is 1.16 bits per heavy atom. The van der Waals surface area contributed by atoms with E-state index in [0.717, 1.165) is 56.6 Å². The Kier molecular flexibility index (Phi) is 9.54. The van der Waals surface area contributed by atoms with Crippen molar-refractivity contribution < 1.29 is 28.0 Å². The van der Waals surface area contributed by atoms with Gasteiger partial charge >= 0.3 is 6.03 Å². The molecule has 3 aliphatic carbocycles. The normalized spacial score (nSPS) is 35.7. The molecule has 5 aliphatic rings. The Morgan fingerprint density at radius 2 is 2.00 bits per heavy atom. The summed E-state index contributed by atoms with van der Waals surface area (Å²) in [4.78, 5) is 29.5. The molecule has 11 heteroatoms. The lowest BCUT2D eigenvalue weighted by atomic mass is 9.68. The molecule has 0 radical (unpaired) electrons. The zero-order valence-corrected chi connectivity index (χ0v) is 30.9. The van der Waals surface area contributed by atoms with Crippen LogP contribution in [0.1, 0.15) is 79.4 Å². The van der Waals surface area contributed by atoms with Crippen molar-refractivity contribution in [3.63, 3.8) is 0 Å². The van der Waals surface area contributed by atoms with Crippen LogP contribution < -0.4 is 19.7 Å². The van der Waals surface area contributed by atoms with Crippen molar-refractivity contribution in [3.8, 4) is 5.75 Å². The van der Waals surface area contributed by atoms with Crippen LogP contribution in [0.15, 0.2) is 52.9 Å². The quantitative estimate of drug-likeness (QED) is 0.369. The number of benzene rings is 2. The lowest BCUT2D eigenvalue weighted by molar-refractivity contribution is 0.0131. The van der Waals surface area contributed by atoms with Gasteiger partial charge in [-0.1, -0.05) is 42.8 Å². The van der Waals surface area contributed by atoms with Crippen LogP contribution in [0.25, 0.3) is 0 Å². The van der Waals surface area contributed by atoms with Gasteiger partial charge in [0.2, 0.25) is 0 Å². The molecule has 2 saturated carbocycles. The molecule has 8 atom stereocenters. The van der Waals surface area contributed by atoms with E-state index in [1.165, 1.54) is 16.7 Å². The number of hydrogen-bond donors (Lipinski definition) is 2. The summed E-state index contributed by atoms with van der Waals surface area (Å²) < 4.78 is 39.5. The van der Waals surface area contributed by atoms with Crippen molar-refractivity contribution in [2.24, 2.45) is 22.1 Å². The van der Waals surface area contributed by atoms with E-state index >= 15 is 0 Å². The predicted octanol–water partition coefficient (Wildman–Crippen LogP) is 6.11. The van der Waals surface area contributed by atoms with Crippen molar-refractivity contribution in [2.75, 3.05) is 44.6 Å². The molecule has 10 nitrogen and oxygen atoms in total. The van der Waals surface area contributed by atoms with Gasteiger partial charge in [-0.15, -0.1) is 4.36 Å². The van der Waals surface area contributed by atoms with E-state index in [1.807, 2.05) is 26.0 Å². The lowest BCUT2D eigenvalue weighted by Gasteiger charge is -2.46. The Labute approximate surface area is 297 Å². The van der Waals surface area contributed by atoms with Crippen molar-refractivity contribution in [3.05, 3.63) is 70.8 Å². The molecule has 2 heterocycles. The third-order valence-corrected chi connectivity index (χ3v) is 13.9. The van der Waals surface area contributed by atoms with Gasteiger partial charge in [0.25, 0.3) is 5.91 Å². The molecule has 2 aromatic carbocycles. The predicted molar refractivity (Wildman–Crippen MR) is 195 cm³/mol. The average molecular weight is 705 g/mol. The van der Waals surface area contributed by atoms with Crippen LogP contribution in [0.5, 0.6) is 5.75 Å². The first kappa shape index (κ1) is 35.0. The van der Waals surface area contributed by atoms with E-state index in [0.29, 0.717) is 36.8 Å². The number of ether oxygens (including phenoxy) is 3. The largest absolute Gasteiger partial charge is 0.490 e. The van der Waals surface area contributed by atoms with Crippen LogP contribution >= 0.6 is 0 Å². The first-order chi connectivity index (χ1) is 23.9. The lowest BCUT2D eigenvalue weighted by Crippen LogP contribution is -2.49. The van der Waals surface area contributed by atoms with Gasteiger partial charge in [-0.2, -0.15) is 0 Å². The second-order valence-corrected chi connectivity index (χ2v) is 17.7. The number of aryl methyl sites for hydroxylation is 2. The van der Waals surface area contributed by atoms with E-state index in [4.69, 9.17) is 14.2 Å². The molecule has 7 rings (SSSR count). The van der Waals surface area contributed by atoms with Gasteiger partial charge < -0.3 is 24.4 Å². The Bertz CT molecular complexity index is 1800. The van der Waals surface area contributed by atoms with Crippen molar-refractivity contribution >= 4 is 27.5 Å². The summed E-state index contributed by atoms with van der Waals surface area (Å²) in [7, 11) is -0.113. The van der Waals surface area contributed by atoms with Crippen molar-refractivity contribution in [1.82, 2.24) is 10.0 Å². The highest BCUT2D eigenvalue weighted by Gasteiger charge is 2.52. The summed E-state index contributed by atoms with van der Waals surface area (Å²) in [6.45, 7) is 8.14. The molecule has 3 amide bonds. The second kappa shape index (κ2) is 13.6. The molecule has 0 aromatic heterocycles. The van der Waals surface area contributed by atoms with Crippen LogP contribution in [-0.2, 0) is 31.2 Å². The van der Waals surface area contributed by atoms with E-state index in [1.54, 1.807) is 20.3 Å². The van der Waals surface area contributed by atoms with Gasteiger partial charge in [0.05, 0.1) is 35.8 Å². The van der Waals surface area contributed by atoms with Gasteiger partial charge in [0, 0.05) is 44.7 Å². The number of anilines is 1. The highest BCUT2D eigenvalue weighted by molar-refractivity contribution is 7.92. The van der Waals surface area contributed by atoms with E-state index in [-0.39, 0.29) is 29.2 Å². The first-order valence-electron chi connectivity index (χ1n) is 18.2. The molecule has 270 valence electrons. The maximum atomic E-state index is 14.4. The molecular formula is C39H52N4O6S. The maximum absolute atomic E-state index is 14.4. The minimum atomic E-state index is -3.49. The summed E-state index contributed by atoms with van der Waals surface area (Å²) >= 11 is 0. The zero-order valence-electron chi connectivity index (χ0n) is 30.0. The van der Waals surface area contributed by atoms with Crippen LogP contribution in [0.3, 0.4) is 0 Å². The summed E-state index contributed by atoms with van der Waals surface area (Å²) in [5, 5.41) is 2.85. The van der Waals surface area contributed by atoms with Gasteiger partial charge in [-0.3, -0.25) is 9.52 Å². The van der Waals surface area contributed by atoms with Crippen LogP contribution in [-0.4, -0.2) is 73.6 Å². The fourth-order valence-corrected chi connectivity index (χ4v) is 10.5. The maximum Gasteiger partial charge on any atom is 0.327 e. The fraction of sp³-hybridized carbons (Fsp3) is 0.590. The number of nitrogens with one attached hydrogen (secondary N) is 2. The summed E-state index contributed by atoms with van der Waals surface area (Å²) in [5.74, 6) is 0.774. The minimum absolute atomic E-state index is 0.0218. The zero-order chi connectivity index (χ0) is 35.3. The fourth-order valence-electron chi connectivity index (χ4n) is 8.64. The van der Waals surface area contributed by atoms with Gasteiger partial charge in [0.15, 0.2) is 0 Å². The Morgan fingerprint density at radius 3 is 2.74 bits per heavy atom. The van der Waals surface area contributed by atoms with Crippen molar-refractivity contribution in [1.29, 1.82) is 0 Å². The first-order valence-corrected chi connectivity index (χ1v) is 19.9. The molecule has 2 fully saturated rings. The number of hydrogen-bond acceptors (Lipinski definition) is 7. The number of methoxy groups -OCH3 is 2. The number of nitrogens with zero attached hydrogens (tertiary/aromatic N) is 2. The number of fused-ring (bicyclic) bond motifs is 4. The summed E-state index contributed by atoms with van der Waals surface area (Å²) in [6.07, 6.45) is 10.8. The molecule has 0 saturated heterocycles. The van der Waals surface area contributed by atoms with Crippen molar-refractivity contribution in [2.45, 2.75) is 88.9 Å². The number of carbonyl (C=O) groups is 2. The van der Waals surface area contributed by atoms with Gasteiger partial charge in [0.1, 0.15) is 15.7 Å². The molecule has 2 bridgehead atoms. The summed E-state index contributed by atoms with van der Waals surface area (Å²) in [6, 6.07) is 11.4. The monoisotopic (exact) mass is 704 g/mol.